The molecule has 2 N–H and O–H groups in total. The van der Waals surface area contributed by atoms with E-state index < -0.39 is 27.5 Å². The number of hydrogen-bond acceptors (Lipinski definition) is 6. The molecule has 0 saturated carbocycles. The van der Waals surface area contributed by atoms with Gasteiger partial charge in [-0.2, -0.15) is 5.10 Å². The fraction of sp³-hybridized carbons (Fsp3) is 0.0556. The van der Waals surface area contributed by atoms with Crippen LogP contribution >= 0.6 is 0 Å². The summed E-state index contributed by atoms with van der Waals surface area (Å²) in [6, 6.07) is 6.85. The zero-order valence-corrected chi connectivity index (χ0v) is 18.6. The smallest absolute Gasteiger partial charge is 0.858 e. The van der Waals surface area contributed by atoms with Gasteiger partial charge in [-0.05, 0) is 43.1 Å². The summed E-state index contributed by atoms with van der Waals surface area (Å²) >= 11 is 0. The van der Waals surface area contributed by atoms with Crippen LogP contribution in [-0.2, 0) is 10.0 Å². The number of sulfonamides is 1. The molecule has 4 rings (SSSR count). The van der Waals surface area contributed by atoms with Gasteiger partial charge in [-0.15, -0.1) is 0 Å². The van der Waals surface area contributed by atoms with Crippen molar-refractivity contribution >= 4 is 15.7 Å². The third kappa shape index (κ3) is 3.94. The van der Waals surface area contributed by atoms with Crippen LogP contribution in [0, 0.1) is 18.6 Å². The third-order valence-corrected chi connectivity index (χ3v) is 5.08. The molecule has 3 aromatic heterocycles. The van der Waals surface area contributed by atoms with E-state index in [1.54, 1.807) is 6.92 Å². The predicted molar refractivity (Wildman–Crippen MR) is 97.1 cm³/mol. The monoisotopic (exact) mass is 439 g/mol. The number of hydrogen-bond donors (Lipinski definition) is 1. The fourth-order valence-electron chi connectivity index (χ4n) is 2.95. The summed E-state index contributed by atoms with van der Waals surface area (Å²) < 4.78 is 51.3. The minimum atomic E-state index is -3.97. The Morgan fingerprint density at radius 1 is 1.13 bits per heavy atom. The summed E-state index contributed by atoms with van der Waals surface area (Å²) in [6.45, 7) is 1.58. The summed E-state index contributed by atoms with van der Waals surface area (Å²) in [5.74, 6) is -2.08. The van der Waals surface area contributed by atoms with Crippen molar-refractivity contribution in [1.29, 1.82) is 0 Å². The van der Waals surface area contributed by atoms with Gasteiger partial charge in [-0.25, -0.2) is 36.8 Å². The van der Waals surface area contributed by atoms with E-state index in [2.05, 4.69) is 15.1 Å². The van der Waals surface area contributed by atoms with Crippen molar-refractivity contribution in [3.05, 3.63) is 59.9 Å². The largest absolute Gasteiger partial charge is 1.00 e. The van der Waals surface area contributed by atoms with Gasteiger partial charge in [-0.3, -0.25) is 0 Å². The van der Waals surface area contributed by atoms with Gasteiger partial charge in [0.05, 0.1) is 17.0 Å². The molecule has 30 heavy (non-hydrogen) atoms. The molecular weight excluding hydrogens is 427 g/mol. The van der Waals surface area contributed by atoms with Crippen LogP contribution in [0.2, 0.25) is 0 Å². The average molecular weight is 439 g/mol. The third-order valence-electron chi connectivity index (χ3n) is 4.26. The van der Waals surface area contributed by atoms with Crippen molar-refractivity contribution < 1.29 is 51.9 Å². The topological polar surface area (TPSA) is 126 Å². The molecule has 0 spiro atoms. The maximum absolute atomic E-state index is 14.3. The van der Waals surface area contributed by atoms with Crippen LogP contribution in [-0.4, -0.2) is 28.0 Å². The SMILES string of the molecule is Cc1nn2c([O-])cc(-c3ccc(S(N)(=O)=O)nc3)nc2c1-c1ccc(F)cc1F.[Na+]. The van der Waals surface area contributed by atoms with E-state index in [1.807, 2.05) is 0 Å². The Kier molecular flexibility index (Phi) is 5.94. The number of primary sulfonamides is 1. The number of nitrogens with two attached hydrogens (primary N) is 1. The number of aryl methyl sites for hydroxylation is 1. The second-order valence-corrected chi connectivity index (χ2v) is 7.74. The second-order valence-electron chi connectivity index (χ2n) is 6.23. The molecule has 0 radical (unpaired) electrons. The van der Waals surface area contributed by atoms with E-state index in [4.69, 9.17) is 5.14 Å². The quantitative estimate of drug-likeness (QED) is 0.399. The van der Waals surface area contributed by atoms with E-state index in [0.717, 1.165) is 16.6 Å². The Labute approximate surface area is 191 Å². The first-order valence-electron chi connectivity index (χ1n) is 8.17. The molecule has 0 amide bonds. The zero-order valence-electron chi connectivity index (χ0n) is 15.8. The Morgan fingerprint density at radius 3 is 2.47 bits per heavy atom. The average Bonchev–Trinajstić information content (AvgIpc) is 2.98. The number of nitrogens with zero attached hydrogens (tertiary/aromatic N) is 4. The van der Waals surface area contributed by atoms with Crippen LogP contribution < -0.4 is 39.8 Å². The van der Waals surface area contributed by atoms with Crippen LogP contribution in [0.1, 0.15) is 5.69 Å². The van der Waals surface area contributed by atoms with Gasteiger partial charge in [0.15, 0.2) is 10.7 Å². The summed E-state index contributed by atoms with van der Waals surface area (Å²) in [6.07, 6.45) is 1.21. The molecule has 148 valence electrons. The number of halogens is 2. The Bertz CT molecular complexity index is 1380. The van der Waals surface area contributed by atoms with Crippen molar-refractivity contribution in [2.45, 2.75) is 11.9 Å². The fourth-order valence-corrected chi connectivity index (χ4v) is 3.41. The van der Waals surface area contributed by atoms with Crippen LogP contribution in [0.3, 0.4) is 0 Å². The van der Waals surface area contributed by atoms with E-state index >= 15 is 0 Å². The molecule has 1 aromatic carbocycles. The van der Waals surface area contributed by atoms with Crippen molar-refractivity contribution in [3.8, 4) is 28.3 Å². The molecule has 12 heteroatoms. The molecule has 0 bridgehead atoms. The van der Waals surface area contributed by atoms with Crippen LogP contribution in [0.4, 0.5) is 8.78 Å². The Balaban J connectivity index is 0.00000256. The summed E-state index contributed by atoms with van der Waals surface area (Å²) in [5, 5.41) is 21.3. The number of aromatic nitrogens is 4. The molecule has 8 nitrogen and oxygen atoms in total. The standard InChI is InChI=1S/C18H13F2N5O3S.Na/c1-9-17(12-4-3-11(19)6-13(12)20)18-23-14(7-16(26)25(18)24-9)10-2-5-15(22-8-10)29(21,27)28;/h2-8,26H,1H3,(H2,21,27,28);/q;+1/p-1. The predicted octanol–water partition coefficient (Wildman–Crippen LogP) is -1.23. The van der Waals surface area contributed by atoms with Gasteiger partial charge in [0.2, 0.25) is 0 Å². The molecule has 0 unspecified atom stereocenters. The molecule has 0 fully saturated rings. The molecule has 0 aliphatic rings. The van der Waals surface area contributed by atoms with Gasteiger partial charge in [0.25, 0.3) is 10.0 Å². The maximum atomic E-state index is 14.3. The summed E-state index contributed by atoms with van der Waals surface area (Å²) in [4.78, 5) is 8.14. The normalized spacial score (nSPS) is 11.5. The van der Waals surface area contributed by atoms with Crippen molar-refractivity contribution in [1.82, 2.24) is 19.6 Å². The second kappa shape index (κ2) is 8.00. The summed E-state index contributed by atoms with van der Waals surface area (Å²) in [5.41, 5.74) is 1.23. The first-order valence-corrected chi connectivity index (χ1v) is 9.72. The molecular formula is C18H12F2N5NaO3S. The molecule has 3 heterocycles. The molecule has 4 aromatic rings. The number of fused-ring (bicyclic) bond motifs is 1. The number of benzene rings is 1. The molecule has 0 saturated heterocycles. The first kappa shape index (κ1) is 22.2. The zero-order chi connectivity index (χ0) is 20.9. The van der Waals surface area contributed by atoms with E-state index in [0.29, 0.717) is 11.3 Å². The first-order chi connectivity index (χ1) is 13.6. The number of rotatable bonds is 3. The van der Waals surface area contributed by atoms with Crippen LogP contribution in [0.15, 0.2) is 47.6 Å². The minimum absolute atomic E-state index is 0. The van der Waals surface area contributed by atoms with Gasteiger partial charge in [-0.1, -0.05) is 0 Å². The Morgan fingerprint density at radius 2 is 1.87 bits per heavy atom. The van der Waals surface area contributed by atoms with Crippen molar-refractivity contribution in [2.24, 2.45) is 5.14 Å². The molecule has 0 aliphatic heterocycles. The van der Waals surface area contributed by atoms with Gasteiger partial charge >= 0.3 is 29.6 Å². The van der Waals surface area contributed by atoms with Crippen molar-refractivity contribution in [3.63, 3.8) is 0 Å². The van der Waals surface area contributed by atoms with Gasteiger partial charge in [0, 0.05) is 23.4 Å². The van der Waals surface area contributed by atoms with Crippen molar-refractivity contribution in [2.75, 3.05) is 0 Å². The van der Waals surface area contributed by atoms with Gasteiger partial charge in [0.1, 0.15) is 11.6 Å². The minimum Gasteiger partial charge on any atom is -0.858 e. The Hall–Kier alpha value is -2.44. The summed E-state index contributed by atoms with van der Waals surface area (Å²) in [7, 11) is -3.97. The van der Waals surface area contributed by atoms with Crippen LogP contribution in [0.25, 0.3) is 28.0 Å². The van der Waals surface area contributed by atoms with E-state index in [1.165, 1.54) is 30.5 Å². The van der Waals surface area contributed by atoms with Crippen LogP contribution in [0.5, 0.6) is 5.88 Å². The van der Waals surface area contributed by atoms with E-state index in [9.17, 15) is 22.3 Å². The van der Waals surface area contributed by atoms with E-state index in [-0.39, 0.29) is 57.1 Å². The number of pyridine rings is 1. The molecule has 0 aliphatic carbocycles. The van der Waals surface area contributed by atoms with Gasteiger partial charge < -0.3 is 5.11 Å². The maximum Gasteiger partial charge on any atom is 1.00 e. The molecule has 0 atom stereocenters.